The van der Waals surface area contributed by atoms with Crippen molar-refractivity contribution in [2.24, 2.45) is 0 Å². The Morgan fingerprint density at radius 3 is 1.56 bits per heavy atom. The molecular weight excluding hydrogens is 226 g/mol. The molecule has 4 N–H and O–H groups in total. The first kappa shape index (κ1) is 21.0. The number of carboxylic acid groups (broad SMARTS) is 1. The highest BCUT2D eigenvalue weighted by molar-refractivity contribution is 5.76. The van der Waals surface area contributed by atoms with Crippen molar-refractivity contribution in [3.05, 3.63) is 80.4 Å². The summed E-state index contributed by atoms with van der Waals surface area (Å²) in [5, 5.41) is 9.14. The molecule has 0 aromatic heterocycles. The monoisotopic (exact) mass is 247 g/mol. The summed E-state index contributed by atoms with van der Waals surface area (Å²) in [6, 6.07) is 10.0. The molecule has 0 fully saturated rings. The van der Waals surface area contributed by atoms with Crippen molar-refractivity contribution in [2.75, 3.05) is 0 Å². The van der Waals surface area contributed by atoms with Crippen molar-refractivity contribution in [3.63, 3.8) is 0 Å². The number of benzene rings is 1. The van der Waals surface area contributed by atoms with Crippen LogP contribution < -0.4 is 11.3 Å². The fourth-order valence-corrected chi connectivity index (χ4v) is 0.589. The molecule has 0 atom stereocenters. The molecule has 0 bridgehead atoms. The summed E-state index contributed by atoms with van der Waals surface area (Å²) >= 11 is 0. The fraction of sp³-hybridized carbons (Fsp3) is 0. The lowest BCUT2D eigenvalue weighted by Crippen LogP contribution is -2.17. The van der Waals surface area contributed by atoms with E-state index in [0.717, 1.165) is 6.08 Å². The van der Waals surface area contributed by atoms with E-state index in [0.29, 0.717) is 0 Å². The summed E-state index contributed by atoms with van der Waals surface area (Å²) in [5.41, 5.74) is 1.17. The van der Waals surface area contributed by atoms with Gasteiger partial charge in [-0.1, -0.05) is 74.9 Å². The predicted molar refractivity (Wildman–Crippen MR) is 78.1 cm³/mol. The van der Waals surface area contributed by atoms with Gasteiger partial charge in [-0.2, -0.15) is 0 Å². The summed E-state index contributed by atoms with van der Waals surface area (Å²) in [7, 11) is 0. The molecule has 18 heavy (non-hydrogen) atoms. The largest absolute Gasteiger partial charge is 0.545 e. The van der Waals surface area contributed by atoms with Crippen LogP contribution in [0.2, 0.25) is 0 Å². The van der Waals surface area contributed by atoms with E-state index in [9.17, 15) is 0 Å². The summed E-state index contributed by atoms with van der Waals surface area (Å²) in [4.78, 5) is 9.14. The zero-order valence-electron chi connectivity index (χ0n) is 10.8. The Labute approximate surface area is 109 Å². The number of carbonyl (C=O) groups excluding carboxylic acids is 1. The van der Waals surface area contributed by atoms with Crippen molar-refractivity contribution in [1.82, 2.24) is 6.15 Å². The van der Waals surface area contributed by atoms with Gasteiger partial charge in [0.2, 0.25) is 0 Å². The normalized spacial score (nSPS) is 6.67. The summed E-state index contributed by atoms with van der Waals surface area (Å²) in [6.45, 7) is 13.3. The maximum absolute atomic E-state index is 9.14. The molecule has 1 aromatic rings. The smallest absolute Gasteiger partial charge is 0.0636 e. The number of carbonyl (C=O) groups is 1. The van der Waals surface area contributed by atoms with Gasteiger partial charge in [-0.25, -0.2) is 0 Å². The van der Waals surface area contributed by atoms with Gasteiger partial charge >= 0.3 is 0 Å². The van der Waals surface area contributed by atoms with Crippen LogP contribution in [0.3, 0.4) is 0 Å². The van der Waals surface area contributed by atoms with E-state index < -0.39 is 5.97 Å². The van der Waals surface area contributed by atoms with Gasteiger partial charge < -0.3 is 16.1 Å². The quantitative estimate of drug-likeness (QED) is 0.658. The minimum atomic E-state index is -1.23. The molecule has 0 aliphatic carbocycles. The van der Waals surface area contributed by atoms with Crippen LogP contribution >= 0.6 is 0 Å². The Hall–Kier alpha value is -2.39. The number of hydrogen-bond acceptors (Lipinski definition) is 2. The molecule has 0 unspecified atom stereocenters. The minimum Gasteiger partial charge on any atom is -0.545 e. The maximum atomic E-state index is 9.14. The lowest BCUT2D eigenvalue weighted by atomic mass is 10.2. The Morgan fingerprint density at radius 2 is 1.39 bits per heavy atom. The van der Waals surface area contributed by atoms with E-state index in [4.69, 9.17) is 9.90 Å². The molecule has 0 saturated heterocycles. The van der Waals surface area contributed by atoms with Crippen LogP contribution in [0.5, 0.6) is 0 Å². The molecule has 3 nitrogen and oxygen atoms in total. The van der Waals surface area contributed by atoms with E-state index in [1.54, 1.807) is 12.2 Å². The van der Waals surface area contributed by atoms with Gasteiger partial charge in [-0.3, -0.25) is 0 Å². The zero-order chi connectivity index (χ0) is 13.5. The first-order chi connectivity index (χ1) is 8.12. The van der Waals surface area contributed by atoms with Gasteiger partial charge in [0, 0.05) is 0 Å². The standard InChI is InChI=1S/C8H8.C4H6.C3H4O2.H3N/c1-2-8-6-4-3-5-7-8;1-3-4-2;1-2-3(4)5;/h2-7H,1H2;3-4H,1-2H2;2H,1H2,(H,4,5);1H3. The van der Waals surface area contributed by atoms with Crippen LogP contribution in [-0.2, 0) is 4.79 Å². The molecule has 0 spiro atoms. The topological polar surface area (TPSA) is 76.6 Å². The average molecular weight is 247 g/mol. The fourth-order valence-electron chi connectivity index (χ4n) is 0.589. The van der Waals surface area contributed by atoms with Crippen molar-refractivity contribution in [1.29, 1.82) is 0 Å². The molecule has 0 amide bonds. The Kier molecular flexibility index (Phi) is 19.8. The highest BCUT2D eigenvalue weighted by atomic mass is 16.4. The van der Waals surface area contributed by atoms with Crippen LogP contribution in [0.1, 0.15) is 5.56 Å². The second-order valence-electron chi connectivity index (χ2n) is 2.61. The number of allylic oxidation sites excluding steroid dienone is 2. The highest BCUT2D eigenvalue weighted by Gasteiger charge is 1.75. The zero-order valence-corrected chi connectivity index (χ0v) is 10.8. The predicted octanol–water partition coefficient (Wildman–Crippen LogP) is 2.99. The summed E-state index contributed by atoms with van der Waals surface area (Å²) < 4.78 is 0. The third kappa shape index (κ3) is 19.2. The molecule has 3 heteroatoms. The molecule has 1 aromatic carbocycles. The molecule has 98 valence electrons. The van der Waals surface area contributed by atoms with Crippen LogP contribution in [-0.4, -0.2) is 5.97 Å². The van der Waals surface area contributed by atoms with Crippen molar-refractivity contribution < 1.29 is 9.90 Å². The van der Waals surface area contributed by atoms with E-state index in [-0.39, 0.29) is 6.15 Å². The molecule has 0 aliphatic heterocycles. The Balaban J connectivity index is -0.000000198. The van der Waals surface area contributed by atoms with Crippen LogP contribution in [0, 0.1) is 0 Å². The minimum absolute atomic E-state index is 0. The Morgan fingerprint density at radius 1 is 1.00 bits per heavy atom. The summed E-state index contributed by atoms with van der Waals surface area (Å²) in [6.07, 6.45) is 5.83. The molecule has 0 aliphatic rings. The first-order valence-corrected chi connectivity index (χ1v) is 4.86. The first-order valence-electron chi connectivity index (χ1n) is 4.86. The van der Waals surface area contributed by atoms with Crippen LogP contribution in [0.4, 0.5) is 0 Å². The van der Waals surface area contributed by atoms with Crippen molar-refractivity contribution >= 4 is 12.0 Å². The van der Waals surface area contributed by atoms with E-state index in [1.807, 2.05) is 36.4 Å². The van der Waals surface area contributed by atoms with E-state index in [1.165, 1.54) is 5.56 Å². The van der Waals surface area contributed by atoms with Crippen LogP contribution in [0.15, 0.2) is 74.9 Å². The average Bonchev–Trinajstić information content (AvgIpc) is 2.40. The van der Waals surface area contributed by atoms with Gasteiger partial charge in [0.1, 0.15) is 0 Å². The Bertz CT molecular complexity index is 350. The molecular formula is C15H21NO2. The molecule has 0 saturated carbocycles. The maximum Gasteiger partial charge on any atom is 0.0636 e. The number of carboxylic acids is 1. The van der Waals surface area contributed by atoms with Crippen LogP contribution in [0.25, 0.3) is 6.08 Å². The van der Waals surface area contributed by atoms with Gasteiger partial charge in [-0.15, -0.1) is 0 Å². The lowest BCUT2D eigenvalue weighted by molar-refractivity contribution is -0.297. The number of hydrogen-bond donors (Lipinski definition) is 1. The molecule has 1 rings (SSSR count). The lowest BCUT2D eigenvalue weighted by Gasteiger charge is -1.85. The van der Waals surface area contributed by atoms with E-state index in [2.05, 4.69) is 26.3 Å². The van der Waals surface area contributed by atoms with Gasteiger partial charge in [0.25, 0.3) is 0 Å². The number of aliphatic carboxylic acids is 1. The number of rotatable bonds is 3. The second kappa shape index (κ2) is 17.0. The molecule has 0 heterocycles. The van der Waals surface area contributed by atoms with E-state index >= 15 is 0 Å². The second-order valence-corrected chi connectivity index (χ2v) is 2.61. The van der Waals surface area contributed by atoms with Gasteiger partial charge in [-0.05, 0) is 11.6 Å². The van der Waals surface area contributed by atoms with Gasteiger partial charge in [0.15, 0.2) is 0 Å². The van der Waals surface area contributed by atoms with Gasteiger partial charge in [0.05, 0.1) is 5.97 Å². The molecule has 0 radical (unpaired) electrons. The van der Waals surface area contributed by atoms with Crippen molar-refractivity contribution in [2.45, 2.75) is 0 Å². The highest BCUT2D eigenvalue weighted by Crippen LogP contribution is 1.97. The third-order valence-corrected chi connectivity index (χ3v) is 1.37. The van der Waals surface area contributed by atoms with Crippen molar-refractivity contribution in [3.8, 4) is 0 Å². The SMILES string of the molecule is C=CC(=O)[O-].C=CC=C.C=Cc1ccccc1.[NH4+]. The number of quaternary nitrogens is 1. The summed E-state index contributed by atoms with van der Waals surface area (Å²) in [5.74, 6) is -1.23. The third-order valence-electron chi connectivity index (χ3n) is 1.37.